The van der Waals surface area contributed by atoms with Crippen LogP contribution in [0.15, 0.2) is 42.5 Å². The number of methoxy groups -OCH3 is 3. The molecule has 0 aliphatic heterocycles. The van der Waals surface area contributed by atoms with Crippen LogP contribution in [0.3, 0.4) is 0 Å². The van der Waals surface area contributed by atoms with Gasteiger partial charge in [-0.25, -0.2) is 4.79 Å². The van der Waals surface area contributed by atoms with Gasteiger partial charge in [0.1, 0.15) is 5.75 Å². The second-order valence-corrected chi connectivity index (χ2v) is 6.14. The van der Waals surface area contributed by atoms with Gasteiger partial charge in [0.2, 0.25) is 0 Å². The molecule has 0 radical (unpaired) electrons. The number of carbonyl (C=O) groups is 1. The lowest BCUT2D eigenvalue weighted by Gasteiger charge is -2.17. The van der Waals surface area contributed by atoms with Crippen LogP contribution in [0.4, 0.5) is 13.2 Å². The SMILES string of the molecule is COC(=O)c1cc(O)c2cc(OC)c(OC)cc2c1-c1ccc(C(F)(F)F)cc1. The maximum atomic E-state index is 12.9. The van der Waals surface area contributed by atoms with Crippen LogP contribution in [-0.2, 0) is 10.9 Å². The average Bonchev–Trinajstić information content (AvgIpc) is 2.71. The number of carbonyl (C=O) groups excluding carboxylic acids is 1. The van der Waals surface area contributed by atoms with Gasteiger partial charge < -0.3 is 19.3 Å². The lowest BCUT2D eigenvalue weighted by Crippen LogP contribution is -2.06. The molecule has 0 atom stereocenters. The molecule has 8 heteroatoms. The first kappa shape index (κ1) is 20.3. The smallest absolute Gasteiger partial charge is 0.416 e. The fourth-order valence-electron chi connectivity index (χ4n) is 3.14. The van der Waals surface area contributed by atoms with E-state index in [1.54, 1.807) is 6.07 Å². The van der Waals surface area contributed by atoms with Gasteiger partial charge in [0.15, 0.2) is 11.5 Å². The number of fused-ring (bicyclic) bond motifs is 1. The molecule has 29 heavy (non-hydrogen) atoms. The molecule has 0 unspecified atom stereocenters. The number of ether oxygens (including phenoxy) is 3. The van der Waals surface area contributed by atoms with Crippen molar-refractivity contribution in [1.29, 1.82) is 0 Å². The van der Waals surface area contributed by atoms with Gasteiger partial charge in [0.05, 0.1) is 32.5 Å². The number of esters is 1. The molecule has 0 fully saturated rings. The van der Waals surface area contributed by atoms with Crippen molar-refractivity contribution in [3.8, 4) is 28.4 Å². The Balaban J connectivity index is 2.38. The summed E-state index contributed by atoms with van der Waals surface area (Å²) >= 11 is 0. The highest BCUT2D eigenvalue weighted by Crippen LogP contribution is 2.43. The molecule has 152 valence electrons. The van der Waals surface area contributed by atoms with E-state index in [1.165, 1.54) is 45.6 Å². The molecule has 0 spiro atoms. The predicted octanol–water partition coefficient (Wildman–Crippen LogP) is 5.04. The van der Waals surface area contributed by atoms with Gasteiger partial charge in [0.25, 0.3) is 0 Å². The molecule has 0 aromatic heterocycles. The van der Waals surface area contributed by atoms with Gasteiger partial charge in [-0.15, -0.1) is 0 Å². The number of hydrogen-bond donors (Lipinski definition) is 1. The standard InChI is InChI=1S/C21H17F3O5/c1-27-17-9-13-14(10-18(17)28-2)19(15(8-16(13)25)20(26)29-3)11-4-6-12(7-5-11)21(22,23)24/h4-10,25H,1-3H3. The number of aromatic hydroxyl groups is 1. The number of rotatable bonds is 4. The van der Waals surface area contributed by atoms with Crippen LogP contribution >= 0.6 is 0 Å². The Bertz CT molecular complexity index is 1070. The summed E-state index contributed by atoms with van der Waals surface area (Å²) in [5, 5.41) is 11.2. The van der Waals surface area contributed by atoms with E-state index in [2.05, 4.69) is 0 Å². The Kier molecular flexibility index (Phi) is 5.28. The van der Waals surface area contributed by atoms with Gasteiger partial charge in [-0.1, -0.05) is 12.1 Å². The summed E-state index contributed by atoms with van der Waals surface area (Å²) in [5.74, 6) is -0.280. The molecule has 0 saturated heterocycles. The summed E-state index contributed by atoms with van der Waals surface area (Å²) in [6, 6.07) is 8.67. The summed E-state index contributed by atoms with van der Waals surface area (Å²) < 4.78 is 54.1. The van der Waals surface area contributed by atoms with Crippen LogP contribution in [-0.4, -0.2) is 32.4 Å². The fraction of sp³-hybridized carbons (Fsp3) is 0.190. The second kappa shape index (κ2) is 7.54. The number of halogens is 3. The largest absolute Gasteiger partial charge is 0.507 e. The van der Waals surface area contributed by atoms with E-state index in [0.29, 0.717) is 33.4 Å². The van der Waals surface area contributed by atoms with Crippen molar-refractivity contribution in [2.45, 2.75) is 6.18 Å². The van der Waals surface area contributed by atoms with Crippen molar-refractivity contribution in [3.63, 3.8) is 0 Å². The third-order valence-corrected chi connectivity index (χ3v) is 4.53. The van der Waals surface area contributed by atoms with Crippen LogP contribution in [0.1, 0.15) is 15.9 Å². The zero-order valence-electron chi connectivity index (χ0n) is 15.8. The number of benzene rings is 3. The number of phenolic OH excluding ortho intramolecular Hbond substituents is 1. The molecule has 3 aromatic carbocycles. The Labute approximate surface area is 164 Å². The molecular weight excluding hydrogens is 389 g/mol. The highest BCUT2D eigenvalue weighted by Gasteiger charge is 2.30. The predicted molar refractivity (Wildman–Crippen MR) is 100 cm³/mol. The normalized spacial score (nSPS) is 11.4. The summed E-state index contributed by atoms with van der Waals surface area (Å²) in [6.07, 6.45) is -4.49. The maximum Gasteiger partial charge on any atom is 0.416 e. The molecular formula is C21H17F3O5. The zero-order chi connectivity index (χ0) is 21.3. The van der Waals surface area contributed by atoms with E-state index in [4.69, 9.17) is 14.2 Å². The highest BCUT2D eigenvalue weighted by atomic mass is 19.4. The number of hydrogen-bond acceptors (Lipinski definition) is 5. The Morgan fingerprint density at radius 3 is 1.93 bits per heavy atom. The molecule has 0 heterocycles. The minimum atomic E-state index is -4.49. The van der Waals surface area contributed by atoms with Crippen molar-refractivity contribution in [2.75, 3.05) is 21.3 Å². The van der Waals surface area contributed by atoms with Crippen LogP contribution in [0.5, 0.6) is 17.2 Å². The molecule has 5 nitrogen and oxygen atoms in total. The quantitative estimate of drug-likeness (QED) is 0.616. The van der Waals surface area contributed by atoms with E-state index in [9.17, 15) is 23.1 Å². The molecule has 3 rings (SSSR count). The third kappa shape index (κ3) is 3.65. The van der Waals surface area contributed by atoms with E-state index >= 15 is 0 Å². The van der Waals surface area contributed by atoms with Gasteiger partial charge in [-0.2, -0.15) is 13.2 Å². The lowest BCUT2D eigenvalue weighted by molar-refractivity contribution is -0.137. The third-order valence-electron chi connectivity index (χ3n) is 4.53. The van der Waals surface area contributed by atoms with Crippen molar-refractivity contribution in [3.05, 3.63) is 53.6 Å². The lowest BCUT2D eigenvalue weighted by atomic mass is 9.91. The van der Waals surface area contributed by atoms with Crippen molar-refractivity contribution >= 4 is 16.7 Å². The minimum absolute atomic E-state index is 0.00415. The molecule has 0 aliphatic rings. The van der Waals surface area contributed by atoms with Crippen LogP contribution in [0, 0.1) is 0 Å². The van der Waals surface area contributed by atoms with Crippen LogP contribution in [0.2, 0.25) is 0 Å². The van der Waals surface area contributed by atoms with E-state index in [0.717, 1.165) is 12.1 Å². The van der Waals surface area contributed by atoms with Crippen molar-refractivity contribution < 1.29 is 37.3 Å². The topological polar surface area (TPSA) is 65.0 Å². The van der Waals surface area contributed by atoms with Crippen molar-refractivity contribution in [1.82, 2.24) is 0 Å². The number of phenols is 1. The molecule has 1 N–H and O–H groups in total. The minimum Gasteiger partial charge on any atom is -0.507 e. The monoisotopic (exact) mass is 406 g/mol. The first-order chi connectivity index (χ1) is 13.7. The fourth-order valence-corrected chi connectivity index (χ4v) is 3.14. The van der Waals surface area contributed by atoms with Crippen LogP contribution < -0.4 is 9.47 Å². The number of alkyl halides is 3. The van der Waals surface area contributed by atoms with Crippen LogP contribution in [0.25, 0.3) is 21.9 Å². The molecule has 3 aromatic rings. The molecule has 0 amide bonds. The zero-order valence-corrected chi connectivity index (χ0v) is 15.8. The van der Waals surface area contributed by atoms with Gasteiger partial charge >= 0.3 is 12.1 Å². The van der Waals surface area contributed by atoms with E-state index < -0.39 is 17.7 Å². The van der Waals surface area contributed by atoms with Gasteiger partial charge in [-0.05, 0) is 41.3 Å². The summed E-state index contributed by atoms with van der Waals surface area (Å²) in [6.45, 7) is 0. The second-order valence-electron chi connectivity index (χ2n) is 6.14. The summed E-state index contributed by atoms with van der Waals surface area (Å²) in [5.41, 5.74) is -0.164. The Morgan fingerprint density at radius 1 is 0.897 bits per heavy atom. The van der Waals surface area contributed by atoms with E-state index in [1.807, 2.05) is 0 Å². The average molecular weight is 406 g/mol. The Morgan fingerprint density at radius 2 is 1.45 bits per heavy atom. The Hall–Kier alpha value is -3.42. The first-order valence-electron chi connectivity index (χ1n) is 8.39. The van der Waals surface area contributed by atoms with Gasteiger partial charge in [-0.3, -0.25) is 0 Å². The molecule has 0 aliphatic carbocycles. The van der Waals surface area contributed by atoms with Gasteiger partial charge in [0, 0.05) is 10.9 Å². The summed E-state index contributed by atoms with van der Waals surface area (Å²) in [7, 11) is 4.03. The maximum absolute atomic E-state index is 12.9. The van der Waals surface area contributed by atoms with Crippen molar-refractivity contribution in [2.24, 2.45) is 0 Å². The molecule has 0 bridgehead atoms. The highest BCUT2D eigenvalue weighted by molar-refractivity contribution is 6.11. The van der Waals surface area contributed by atoms with E-state index in [-0.39, 0.29) is 11.3 Å². The molecule has 0 saturated carbocycles. The summed E-state index contributed by atoms with van der Waals surface area (Å²) in [4.78, 5) is 12.3. The first-order valence-corrected chi connectivity index (χ1v) is 8.39.